The molecule has 0 radical (unpaired) electrons. The van der Waals surface area contributed by atoms with Crippen LogP contribution in [0.25, 0.3) is 11.3 Å². The summed E-state index contributed by atoms with van der Waals surface area (Å²) >= 11 is 1.62. The molecule has 1 aliphatic heterocycles. The number of hydrogen-bond acceptors (Lipinski definition) is 8. The minimum atomic E-state index is -0.107. The fourth-order valence-electron chi connectivity index (χ4n) is 4.66. The number of rotatable bonds is 7. The lowest BCUT2D eigenvalue weighted by molar-refractivity contribution is 0.0341. The molecule has 3 aromatic heterocycles. The van der Waals surface area contributed by atoms with Gasteiger partial charge in [-0.05, 0) is 75.1 Å². The number of carbonyl (C=O) groups excluding carboxylic acids is 1. The molecule has 184 valence electrons. The molecule has 0 aromatic carbocycles. The first-order valence-corrected chi connectivity index (χ1v) is 13.0. The first-order valence-electron chi connectivity index (χ1n) is 12.2. The average molecular weight is 493 g/mol. The van der Waals surface area contributed by atoms with Crippen molar-refractivity contribution in [3.05, 3.63) is 56.8 Å². The summed E-state index contributed by atoms with van der Waals surface area (Å²) in [6.07, 6.45) is 12.1. The van der Waals surface area contributed by atoms with Crippen LogP contribution in [0.3, 0.4) is 0 Å². The summed E-state index contributed by atoms with van der Waals surface area (Å²) in [5.74, 6) is 0.543. The topological polar surface area (TPSA) is 113 Å². The molecule has 8 nitrogen and oxygen atoms in total. The standard InChI is InChI=1S/C26H30N6O2S.H2/c1-16-10-18(24-19(12-27)25(31-15-30-24)32-23-8-4-5-9-34-23)13-28-20(16)14-29-26(33)22-11-17-6-2-3-7-21(17)35-22;/h10-13,15,23,27H,2-9,14H2,1H3,(H,29,33)(H,30,31,32);1H. The lowest BCUT2D eigenvalue weighted by Gasteiger charge is -2.24. The normalized spacial score (nSPS) is 17.5. The van der Waals surface area contributed by atoms with Crippen molar-refractivity contribution < 1.29 is 11.0 Å². The van der Waals surface area contributed by atoms with Gasteiger partial charge < -0.3 is 20.8 Å². The molecule has 0 bridgehead atoms. The number of thiophene rings is 1. The summed E-state index contributed by atoms with van der Waals surface area (Å²) in [6, 6.07) is 4.05. The zero-order valence-electron chi connectivity index (χ0n) is 19.9. The van der Waals surface area contributed by atoms with Crippen LogP contribution in [-0.2, 0) is 24.1 Å². The van der Waals surface area contributed by atoms with E-state index in [0.717, 1.165) is 60.4 Å². The zero-order chi connectivity index (χ0) is 24.2. The third-order valence-electron chi connectivity index (χ3n) is 6.60. The highest BCUT2D eigenvalue weighted by molar-refractivity contribution is 7.14. The van der Waals surface area contributed by atoms with Gasteiger partial charge in [0.25, 0.3) is 5.91 Å². The monoisotopic (exact) mass is 492 g/mol. The highest BCUT2D eigenvalue weighted by atomic mass is 32.1. The van der Waals surface area contributed by atoms with Crippen molar-refractivity contribution >= 4 is 29.3 Å². The Morgan fingerprint density at radius 2 is 2.11 bits per heavy atom. The minimum absolute atomic E-state index is 0. The van der Waals surface area contributed by atoms with E-state index in [0.29, 0.717) is 23.6 Å². The van der Waals surface area contributed by atoms with Crippen molar-refractivity contribution in [2.45, 2.75) is 64.6 Å². The second-order valence-corrected chi connectivity index (χ2v) is 10.2. The molecular weight excluding hydrogens is 460 g/mol. The van der Waals surface area contributed by atoms with Gasteiger partial charge in [0.05, 0.1) is 28.4 Å². The van der Waals surface area contributed by atoms with Crippen LogP contribution in [0.1, 0.15) is 70.5 Å². The Kier molecular flexibility index (Phi) is 7.15. The smallest absolute Gasteiger partial charge is 0.261 e. The van der Waals surface area contributed by atoms with Crippen molar-refractivity contribution in [3.63, 3.8) is 0 Å². The quantitative estimate of drug-likeness (QED) is 0.404. The number of anilines is 1. The van der Waals surface area contributed by atoms with Crippen LogP contribution in [0.5, 0.6) is 0 Å². The number of amides is 1. The Balaban J connectivity index is 0.00000304. The van der Waals surface area contributed by atoms with Gasteiger partial charge in [-0.2, -0.15) is 0 Å². The van der Waals surface area contributed by atoms with Gasteiger partial charge in [-0.1, -0.05) is 0 Å². The third kappa shape index (κ3) is 5.26. The predicted molar refractivity (Wildman–Crippen MR) is 139 cm³/mol. The summed E-state index contributed by atoms with van der Waals surface area (Å²) in [7, 11) is 0. The van der Waals surface area contributed by atoms with E-state index in [1.807, 2.05) is 13.0 Å². The van der Waals surface area contributed by atoms with Crippen LogP contribution in [0.15, 0.2) is 24.7 Å². The molecule has 9 heteroatoms. The van der Waals surface area contributed by atoms with E-state index < -0.39 is 0 Å². The van der Waals surface area contributed by atoms with E-state index in [9.17, 15) is 4.79 Å². The largest absolute Gasteiger partial charge is 0.359 e. The molecule has 35 heavy (non-hydrogen) atoms. The highest BCUT2D eigenvalue weighted by Crippen LogP contribution is 2.30. The van der Waals surface area contributed by atoms with Crippen LogP contribution in [0.4, 0.5) is 5.82 Å². The minimum Gasteiger partial charge on any atom is -0.359 e. The summed E-state index contributed by atoms with van der Waals surface area (Å²) in [5.41, 5.74) is 5.14. The molecular formula is C26H32N6O2S. The van der Waals surface area contributed by atoms with Gasteiger partial charge >= 0.3 is 0 Å². The Bertz CT molecular complexity index is 1220. The van der Waals surface area contributed by atoms with Gasteiger partial charge in [-0.25, -0.2) is 9.97 Å². The fourth-order valence-corrected chi connectivity index (χ4v) is 5.83. The number of ether oxygens (including phenoxy) is 1. The van der Waals surface area contributed by atoms with Gasteiger partial charge in [0, 0.05) is 30.9 Å². The zero-order valence-corrected chi connectivity index (χ0v) is 20.7. The number of aromatic nitrogens is 3. The summed E-state index contributed by atoms with van der Waals surface area (Å²) in [4.78, 5) is 28.3. The van der Waals surface area contributed by atoms with Crippen LogP contribution < -0.4 is 10.6 Å². The average Bonchev–Trinajstić information content (AvgIpc) is 3.33. The molecule has 1 amide bonds. The summed E-state index contributed by atoms with van der Waals surface area (Å²) < 4.78 is 5.77. The Morgan fingerprint density at radius 3 is 2.89 bits per heavy atom. The lowest BCUT2D eigenvalue weighted by atomic mass is 9.99. The van der Waals surface area contributed by atoms with Gasteiger partial charge in [0.15, 0.2) is 0 Å². The number of pyridine rings is 1. The predicted octanol–water partition coefficient (Wildman–Crippen LogP) is 4.90. The van der Waals surface area contributed by atoms with Crippen LogP contribution in [0, 0.1) is 12.3 Å². The summed E-state index contributed by atoms with van der Waals surface area (Å²) in [5, 5.41) is 14.3. The van der Waals surface area contributed by atoms with Crippen molar-refractivity contribution in [2.24, 2.45) is 0 Å². The maximum atomic E-state index is 12.7. The van der Waals surface area contributed by atoms with Crippen LogP contribution >= 0.6 is 11.3 Å². The van der Waals surface area contributed by atoms with E-state index in [-0.39, 0.29) is 13.6 Å². The molecule has 3 aromatic rings. The first-order chi connectivity index (χ1) is 17.1. The number of hydrogen-bond donors (Lipinski definition) is 3. The van der Waals surface area contributed by atoms with E-state index in [1.54, 1.807) is 17.5 Å². The third-order valence-corrected chi connectivity index (χ3v) is 7.84. The molecule has 1 aliphatic carbocycles. The Hall–Kier alpha value is -3.17. The number of fused-ring (bicyclic) bond motifs is 1. The Morgan fingerprint density at radius 1 is 1.23 bits per heavy atom. The molecule has 0 saturated carbocycles. The lowest BCUT2D eigenvalue weighted by Crippen LogP contribution is -2.28. The van der Waals surface area contributed by atoms with Crippen molar-refractivity contribution in [2.75, 3.05) is 11.9 Å². The molecule has 5 rings (SSSR count). The van der Waals surface area contributed by atoms with Crippen molar-refractivity contribution in [3.8, 4) is 11.3 Å². The van der Waals surface area contributed by atoms with Crippen LogP contribution in [0.2, 0.25) is 0 Å². The van der Waals surface area contributed by atoms with Gasteiger partial charge in [-0.3, -0.25) is 9.78 Å². The van der Waals surface area contributed by atoms with E-state index >= 15 is 0 Å². The van der Waals surface area contributed by atoms with Crippen LogP contribution in [-0.4, -0.2) is 39.9 Å². The highest BCUT2D eigenvalue weighted by Gasteiger charge is 2.20. The second-order valence-electron chi connectivity index (χ2n) is 9.06. The van der Waals surface area contributed by atoms with E-state index in [4.69, 9.17) is 10.1 Å². The molecule has 3 N–H and O–H groups in total. The maximum Gasteiger partial charge on any atom is 0.261 e. The molecule has 1 unspecified atom stereocenters. The van der Waals surface area contributed by atoms with Gasteiger partial charge in [-0.15, -0.1) is 11.3 Å². The van der Waals surface area contributed by atoms with Gasteiger partial charge in [0.2, 0.25) is 0 Å². The molecule has 1 atom stereocenters. The summed E-state index contributed by atoms with van der Waals surface area (Å²) in [6.45, 7) is 3.06. The second kappa shape index (κ2) is 10.6. The van der Waals surface area contributed by atoms with E-state index in [2.05, 4.69) is 31.7 Å². The number of nitrogens with one attached hydrogen (secondary N) is 3. The molecule has 1 saturated heterocycles. The fraction of sp³-hybridized carbons (Fsp3) is 0.423. The molecule has 1 fully saturated rings. The van der Waals surface area contributed by atoms with Crippen molar-refractivity contribution in [1.29, 1.82) is 5.41 Å². The number of aryl methyl sites for hydroxylation is 3. The molecule has 4 heterocycles. The number of nitrogens with zero attached hydrogens (tertiary/aromatic N) is 3. The number of carbonyl (C=O) groups is 1. The molecule has 2 aliphatic rings. The SMILES string of the molecule is Cc1cc(-c2ncnc(NC3CCCCO3)c2C=N)cnc1CNC(=O)c1cc2c(s1)CCCC2.[HH]. The van der Waals surface area contributed by atoms with E-state index in [1.165, 1.54) is 35.8 Å². The van der Waals surface area contributed by atoms with Gasteiger partial charge in [0.1, 0.15) is 18.4 Å². The maximum absolute atomic E-state index is 12.7. The Labute approximate surface area is 210 Å². The van der Waals surface area contributed by atoms with Crippen molar-refractivity contribution in [1.82, 2.24) is 20.3 Å². The first kappa shape index (κ1) is 23.6. The molecule has 0 spiro atoms.